The number of rotatable bonds is 5. The first-order chi connectivity index (χ1) is 9.67. The molecule has 1 aliphatic rings. The van der Waals surface area contributed by atoms with Crippen LogP contribution in [0.4, 0.5) is 0 Å². The molecule has 0 aliphatic carbocycles. The molecule has 3 nitrogen and oxygen atoms in total. The van der Waals surface area contributed by atoms with E-state index in [0.717, 1.165) is 11.3 Å². The van der Waals surface area contributed by atoms with Gasteiger partial charge in [-0.3, -0.25) is 9.69 Å². The van der Waals surface area contributed by atoms with E-state index in [1.165, 1.54) is 11.8 Å². The molecule has 1 aromatic carbocycles. The molecule has 0 saturated carbocycles. The molecule has 0 radical (unpaired) electrons. The molecule has 2 rings (SSSR count). The summed E-state index contributed by atoms with van der Waals surface area (Å²) in [6, 6.07) is 7.63. The van der Waals surface area contributed by atoms with Gasteiger partial charge in [0.05, 0.1) is 11.5 Å². The van der Waals surface area contributed by atoms with Crippen molar-refractivity contribution >= 4 is 40.3 Å². The van der Waals surface area contributed by atoms with Crippen LogP contribution in [-0.2, 0) is 4.79 Å². The highest BCUT2D eigenvalue weighted by Crippen LogP contribution is 2.34. The third-order valence-corrected chi connectivity index (χ3v) is 4.07. The number of hydrogen-bond acceptors (Lipinski definition) is 4. The van der Waals surface area contributed by atoms with Crippen molar-refractivity contribution in [3.8, 4) is 5.75 Å². The second-order valence-corrected chi connectivity index (χ2v) is 5.73. The highest BCUT2D eigenvalue weighted by atomic mass is 32.2. The Kier molecular flexibility index (Phi) is 4.98. The van der Waals surface area contributed by atoms with Gasteiger partial charge in [0, 0.05) is 12.1 Å². The van der Waals surface area contributed by atoms with Crippen molar-refractivity contribution < 1.29 is 9.53 Å². The van der Waals surface area contributed by atoms with Gasteiger partial charge in [0.1, 0.15) is 10.1 Å². The number of carbonyl (C=O) groups excluding carboxylic acids is 1. The molecular weight excluding hydrogens is 290 g/mol. The lowest BCUT2D eigenvalue weighted by Crippen LogP contribution is -2.27. The molecule has 1 saturated heterocycles. The molecule has 0 atom stereocenters. The zero-order valence-electron chi connectivity index (χ0n) is 11.2. The molecule has 1 heterocycles. The molecule has 0 unspecified atom stereocenters. The van der Waals surface area contributed by atoms with Crippen LogP contribution in [0.25, 0.3) is 6.08 Å². The molecule has 0 bridgehead atoms. The van der Waals surface area contributed by atoms with Gasteiger partial charge in [0.25, 0.3) is 5.91 Å². The van der Waals surface area contributed by atoms with Gasteiger partial charge in [-0.15, -0.1) is 6.58 Å². The van der Waals surface area contributed by atoms with Gasteiger partial charge in [-0.25, -0.2) is 0 Å². The number of ether oxygens (including phenoxy) is 1. The molecule has 1 fully saturated rings. The summed E-state index contributed by atoms with van der Waals surface area (Å²) in [6.45, 7) is 6.59. The van der Waals surface area contributed by atoms with E-state index in [1.54, 1.807) is 11.0 Å². The molecule has 1 aromatic rings. The smallest absolute Gasteiger partial charge is 0.266 e. The van der Waals surface area contributed by atoms with Crippen LogP contribution in [0.5, 0.6) is 5.75 Å². The molecule has 1 aliphatic heterocycles. The Morgan fingerprint density at radius 3 is 2.90 bits per heavy atom. The average molecular weight is 305 g/mol. The van der Waals surface area contributed by atoms with Crippen molar-refractivity contribution in [3.05, 3.63) is 47.4 Å². The summed E-state index contributed by atoms with van der Waals surface area (Å²) in [6.07, 6.45) is 3.50. The summed E-state index contributed by atoms with van der Waals surface area (Å²) < 4.78 is 6.12. The van der Waals surface area contributed by atoms with Crippen LogP contribution in [0.1, 0.15) is 12.5 Å². The lowest BCUT2D eigenvalue weighted by Gasteiger charge is -2.10. The summed E-state index contributed by atoms with van der Waals surface area (Å²) in [5.41, 5.74) is 0.883. The van der Waals surface area contributed by atoms with Crippen LogP contribution in [0.2, 0.25) is 0 Å². The van der Waals surface area contributed by atoms with E-state index in [9.17, 15) is 4.79 Å². The zero-order valence-corrected chi connectivity index (χ0v) is 12.8. The fourth-order valence-electron chi connectivity index (χ4n) is 1.81. The van der Waals surface area contributed by atoms with E-state index >= 15 is 0 Å². The van der Waals surface area contributed by atoms with Crippen LogP contribution in [0.3, 0.4) is 0 Å². The van der Waals surface area contributed by atoms with Gasteiger partial charge in [-0.05, 0) is 19.1 Å². The van der Waals surface area contributed by atoms with Crippen molar-refractivity contribution in [3.63, 3.8) is 0 Å². The van der Waals surface area contributed by atoms with Crippen LogP contribution < -0.4 is 4.74 Å². The third-order valence-electron chi connectivity index (χ3n) is 2.69. The number of benzene rings is 1. The Balaban J connectivity index is 2.30. The van der Waals surface area contributed by atoms with E-state index in [2.05, 4.69) is 6.58 Å². The van der Waals surface area contributed by atoms with Gasteiger partial charge >= 0.3 is 0 Å². The lowest BCUT2D eigenvalue weighted by atomic mass is 10.2. The predicted molar refractivity (Wildman–Crippen MR) is 87.7 cm³/mol. The lowest BCUT2D eigenvalue weighted by molar-refractivity contribution is -0.121. The molecule has 0 aromatic heterocycles. The number of para-hydroxylation sites is 1. The van der Waals surface area contributed by atoms with E-state index < -0.39 is 0 Å². The van der Waals surface area contributed by atoms with Gasteiger partial charge in [0.2, 0.25) is 0 Å². The predicted octanol–water partition coefficient (Wildman–Crippen LogP) is 3.47. The summed E-state index contributed by atoms with van der Waals surface area (Å²) in [5, 5.41) is 0. The number of hydrogen-bond donors (Lipinski definition) is 0. The first kappa shape index (κ1) is 14.8. The van der Waals surface area contributed by atoms with Gasteiger partial charge in [0.15, 0.2) is 0 Å². The normalized spacial score (nSPS) is 16.9. The second kappa shape index (κ2) is 6.72. The second-order valence-electron chi connectivity index (χ2n) is 4.05. The Bertz CT molecular complexity index is 581. The third kappa shape index (κ3) is 3.11. The maximum absolute atomic E-state index is 12.2. The van der Waals surface area contributed by atoms with E-state index in [-0.39, 0.29) is 5.91 Å². The SMILES string of the molecule is C=CCN1C(=O)/C(=C/c2ccccc2OCC)SC1=S. The summed E-state index contributed by atoms with van der Waals surface area (Å²) in [7, 11) is 0. The number of amides is 1. The first-order valence-corrected chi connectivity index (χ1v) is 7.48. The topological polar surface area (TPSA) is 29.5 Å². The van der Waals surface area contributed by atoms with Gasteiger partial charge in [-0.2, -0.15) is 0 Å². The minimum absolute atomic E-state index is 0.0776. The minimum atomic E-state index is -0.0776. The monoisotopic (exact) mass is 305 g/mol. The van der Waals surface area contributed by atoms with Crippen LogP contribution in [-0.4, -0.2) is 28.3 Å². The van der Waals surface area contributed by atoms with Crippen molar-refractivity contribution in [1.29, 1.82) is 0 Å². The van der Waals surface area contributed by atoms with Gasteiger partial charge < -0.3 is 4.74 Å². The van der Waals surface area contributed by atoms with Crippen molar-refractivity contribution in [1.82, 2.24) is 4.90 Å². The van der Waals surface area contributed by atoms with Crippen LogP contribution in [0, 0.1) is 0 Å². The standard InChI is InChI=1S/C15H15NO2S2/c1-3-9-16-14(17)13(20-15(16)19)10-11-7-5-6-8-12(11)18-4-2/h3,5-8,10H,1,4,9H2,2H3/b13-10-. The fraction of sp³-hybridized carbons (Fsp3) is 0.200. The van der Waals surface area contributed by atoms with Gasteiger partial charge in [-0.1, -0.05) is 48.3 Å². The Labute approximate surface area is 128 Å². The molecule has 0 spiro atoms. The molecule has 5 heteroatoms. The molecule has 0 N–H and O–H groups in total. The Morgan fingerprint density at radius 2 is 2.20 bits per heavy atom. The first-order valence-electron chi connectivity index (χ1n) is 6.25. The molecule has 1 amide bonds. The maximum atomic E-state index is 12.2. The average Bonchev–Trinajstić information content (AvgIpc) is 2.69. The zero-order chi connectivity index (χ0) is 14.5. The van der Waals surface area contributed by atoms with E-state index in [4.69, 9.17) is 17.0 Å². The summed E-state index contributed by atoms with van der Waals surface area (Å²) in [4.78, 5) is 14.4. The molecule has 20 heavy (non-hydrogen) atoms. The van der Waals surface area contributed by atoms with Crippen molar-refractivity contribution in [2.75, 3.05) is 13.2 Å². The minimum Gasteiger partial charge on any atom is -0.493 e. The quantitative estimate of drug-likeness (QED) is 0.473. The Morgan fingerprint density at radius 1 is 1.45 bits per heavy atom. The maximum Gasteiger partial charge on any atom is 0.266 e. The number of nitrogens with zero attached hydrogens (tertiary/aromatic N) is 1. The largest absolute Gasteiger partial charge is 0.493 e. The highest BCUT2D eigenvalue weighted by Gasteiger charge is 2.31. The summed E-state index contributed by atoms with van der Waals surface area (Å²) in [5.74, 6) is 0.690. The molecular formula is C15H15NO2S2. The summed E-state index contributed by atoms with van der Waals surface area (Å²) >= 11 is 6.52. The number of thiocarbonyl (C=S) groups is 1. The fourth-order valence-corrected chi connectivity index (χ4v) is 3.08. The van der Waals surface area contributed by atoms with Crippen LogP contribution in [0.15, 0.2) is 41.8 Å². The van der Waals surface area contributed by atoms with Crippen molar-refractivity contribution in [2.45, 2.75) is 6.92 Å². The Hall–Kier alpha value is -1.59. The van der Waals surface area contributed by atoms with E-state index in [0.29, 0.717) is 22.4 Å². The number of carbonyl (C=O) groups is 1. The highest BCUT2D eigenvalue weighted by molar-refractivity contribution is 8.26. The van der Waals surface area contributed by atoms with Crippen molar-refractivity contribution in [2.24, 2.45) is 0 Å². The number of thioether (sulfide) groups is 1. The molecule has 104 valence electrons. The van der Waals surface area contributed by atoms with E-state index in [1.807, 2.05) is 37.3 Å². The van der Waals surface area contributed by atoms with Crippen LogP contribution >= 0.6 is 24.0 Å².